The zero-order chi connectivity index (χ0) is 19.4. The van der Waals surface area contributed by atoms with Crippen molar-refractivity contribution in [2.24, 2.45) is 0 Å². The number of hydrogen-bond donors (Lipinski definition) is 3. The van der Waals surface area contributed by atoms with Crippen molar-refractivity contribution in [1.29, 1.82) is 0 Å². The molecular weight excluding hydrogens is 334 g/mol. The summed E-state index contributed by atoms with van der Waals surface area (Å²) in [6.45, 7) is 4.38. The maximum atomic E-state index is 11.2. The summed E-state index contributed by atoms with van der Waals surface area (Å²) in [7, 11) is 0. The van der Waals surface area contributed by atoms with Crippen molar-refractivity contribution in [2.45, 2.75) is 13.8 Å². The van der Waals surface area contributed by atoms with Gasteiger partial charge in [0.1, 0.15) is 5.78 Å². The maximum Gasteiger partial charge on any atom is 0.317 e. The minimum absolute atomic E-state index is 0.0146. The fourth-order valence-corrected chi connectivity index (χ4v) is 2.29. The lowest BCUT2D eigenvalue weighted by atomic mass is 10.3. The second-order valence-corrected chi connectivity index (χ2v) is 5.74. The number of carboxylic acids is 3. The number of likely N-dealkylation sites (N-methyl/N-ethyl adjacent to an activating group) is 1. The lowest BCUT2D eigenvalue weighted by molar-refractivity contribution is -0.143. The minimum atomic E-state index is -1.15. The topological polar surface area (TPSA) is 139 Å². The molecule has 0 aromatic rings. The molecule has 0 heterocycles. The summed E-state index contributed by atoms with van der Waals surface area (Å²) in [4.78, 5) is 48.5. The Balaban J connectivity index is 4.67. The zero-order valence-corrected chi connectivity index (χ0v) is 14.7. The molecule has 0 aliphatic heterocycles. The van der Waals surface area contributed by atoms with Crippen LogP contribution in [-0.2, 0) is 19.2 Å². The molecule has 0 saturated carbocycles. The lowest BCUT2D eigenvalue weighted by Gasteiger charge is -2.27. The Morgan fingerprint density at radius 3 is 1.36 bits per heavy atom. The predicted molar refractivity (Wildman–Crippen MR) is 88.6 cm³/mol. The molecule has 25 heavy (non-hydrogen) atoms. The Labute approximate surface area is 146 Å². The maximum absolute atomic E-state index is 11.2. The number of rotatable bonds is 15. The largest absolute Gasteiger partial charge is 0.480 e. The van der Waals surface area contributed by atoms with Gasteiger partial charge in [-0.1, -0.05) is 6.92 Å². The standard InChI is InChI=1S/C15H27N3O7/c1-3-16(8-12(2)19)4-5-17(9-13(20)21)6-7-18(10-14(22)23)11-15(24)25/h3-11H2,1-2H3,(H,20,21)(H,22,23)(H,24,25). The van der Waals surface area contributed by atoms with Crippen LogP contribution >= 0.6 is 0 Å². The van der Waals surface area contributed by atoms with Crippen LogP contribution in [0.1, 0.15) is 13.8 Å². The summed E-state index contributed by atoms with van der Waals surface area (Å²) in [5.41, 5.74) is 0. The second-order valence-electron chi connectivity index (χ2n) is 5.74. The first kappa shape index (κ1) is 23.0. The molecule has 0 spiro atoms. The van der Waals surface area contributed by atoms with E-state index in [1.807, 2.05) is 11.8 Å². The number of nitrogens with zero attached hydrogens (tertiary/aromatic N) is 3. The van der Waals surface area contributed by atoms with Crippen LogP contribution in [-0.4, -0.2) is 113 Å². The van der Waals surface area contributed by atoms with Gasteiger partial charge < -0.3 is 15.3 Å². The number of ketones is 1. The highest BCUT2D eigenvalue weighted by Crippen LogP contribution is 1.97. The summed E-state index contributed by atoms with van der Waals surface area (Å²) in [5.74, 6) is -3.31. The van der Waals surface area contributed by atoms with Crippen molar-refractivity contribution in [1.82, 2.24) is 14.7 Å². The van der Waals surface area contributed by atoms with Gasteiger partial charge in [0, 0.05) is 26.2 Å². The van der Waals surface area contributed by atoms with Crippen molar-refractivity contribution in [3.8, 4) is 0 Å². The Kier molecular flexibility index (Phi) is 11.3. The van der Waals surface area contributed by atoms with E-state index >= 15 is 0 Å². The molecule has 0 aromatic heterocycles. The van der Waals surface area contributed by atoms with Gasteiger partial charge in [-0.05, 0) is 13.5 Å². The van der Waals surface area contributed by atoms with Crippen LogP contribution in [0.15, 0.2) is 0 Å². The average Bonchev–Trinajstić information content (AvgIpc) is 2.46. The molecular formula is C15H27N3O7. The monoisotopic (exact) mass is 361 g/mol. The molecule has 0 atom stereocenters. The summed E-state index contributed by atoms with van der Waals surface area (Å²) < 4.78 is 0. The number of carbonyl (C=O) groups is 4. The van der Waals surface area contributed by atoms with E-state index < -0.39 is 31.0 Å². The van der Waals surface area contributed by atoms with E-state index in [0.29, 0.717) is 19.6 Å². The van der Waals surface area contributed by atoms with Gasteiger partial charge in [-0.3, -0.25) is 33.9 Å². The number of hydrogen-bond acceptors (Lipinski definition) is 7. The van der Waals surface area contributed by atoms with Gasteiger partial charge in [0.05, 0.1) is 26.2 Å². The second kappa shape index (κ2) is 12.3. The molecule has 0 rings (SSSR count). The fourth-order valence-electron chi connectivity index (χ4n) is 2.29. The van der Waals surface area contributed by atoms with E-state index in [1.165, 1.54) is 11.8 Å². The molecule has 0 unspecified atom stereocenters. The van der Waals surface area contributed by atoms with Crippen molar-refractivity contribution >= 4 is 23.7 Å². The molecule has 10 nitrogen and oxygen atoms in total. The molecule has 0 aromatic carbocycles. The van der Waals surface area contributed by atoms with Gasteiger partial charge in [0.15, 0.2) is 0 Å². The zero-order valence-electron chi connectivity index (χ0n) is 14.7. The number of Topliss-reactive ketones (excluding diaryl/α,β-unsaturated/α-hetero) is 1. The number of carboxylic acid groups (broad SMARTS) is 3. The Bertz CT molecular complexity index is 454. The Morgan fingerprint density at radius 2 is 1.00 bits per heavy atom. The molecule has 0 aliphatic carbocycles. The van der Waals surface area contributed by atoms with Crippen LogP contribution in [0.5, 0.6) is 0 Å². The predicted octanol–water partition coefficient (Wildman–Crippen LogP) is -1.24. The average molecular weight is 361 g/mol. The molecule has 0 saturated heterocycles. The van der Waals surface area contributed by atoms with Crippen LogP contribution < -0.4 is 0 Å². The highest BCUT2D eigenvalue weighted by atomic mass is 16.4. The smallest absolute Gasteiger partial charge is 0.317 e. The van der Waals surface area contributed by atoms with Gasteiger partial charge >= 0.3 is 17.9 Å². The van der Waals surface area contributed by atoms with Crippen LogP contribution in [0.2, 0.25) is 0 Å². The van der Waals surface area contributed by atoms with Crippen LogP contribution in [0.25, 0.3) is 0 Å². The van der Waals surface area contributed by atoms with Crippen molar-refractivity contribution < 1.29 is 34.5 Å². The normalized spacial score (nSPS) is 11.2. The summed E-state index contributed by atoms with van der Waals surface area (Å²) in [6, 6.07) is 0. The molecule has 0 radical (unpaired) electrons. The summed E-state index contributed by atoms with van der Waals surface area (Å²) in [5, 5.41) is 26.6. The first-order valence-corrected chi connectivity index (χ1v) is 7.95. The van der Waals surface area contributed by atoms with E-state index in [4.69, 9.17) is 15.3 Å². The third kappa shape index (κ3) is 13.0. The quantitative estimate of drug-likeness (QED) is 0.324. The molecule has 10 heteroatoms. The van der Waals surface area contributed by atoms with Crippen LogP contribution in [0.3, 0.4) is 0 Å². The Hall–Kier alpha value is -2.04. The number of aliphatic carboxylic acids is 3. The third-order valence-electron chi connectivity index (χ3n) is 3.43. The fraction of sp³-hybridized carbons (Fsp3) is 0.733. The van der Waals surface area contributed by atoms with Crippen molar-refractivity contribution in [3.05, 3.63) is 0 Å². The molecule has 3 N–H and O–H groups in total. The van der Waals surface area contributed by atoms with E-state index in [2.05, 4.69) is 0 Å². The van der Waals surface area contributed by atoms with Gasteiger partial charge in [-0.25, -0.2) is 0 Å². The van der Waals surface area contributed by atoms with Gasteiger partial charge in [0.25, 0.3) is 0 Å². The molecule has 0 fully saturated rings. The molecule has 0 aliphatic rings. The summed E-state index contributed by atoms with van der Waals surface area (Å²) in [6.07, 6.45) is 0. The van der Waals surface area contributed by atoms with E-state index in [1.54, 1.807) is 4.90 Å². The van der Waals surface area contributed by atoms with Crippen molar-refractivity contribution in [3.63, 3.8) is 0 Å². The Morgan fingerprint density at radius 1 is 0.640 bits per heavy atom. The lowest BCUT2D eigenvalue weighted by Crippen LogP contribution is -2.44. The van der Waals surface area contributed by atoms with Crippen molar-refractivity contribution in [2.75, 3.05) is 58.9 Å². The van der Waals surface area contributed by atoms with E-state index in [0.717, 1.165) is 0 Å². The highest BCUT2D eigenvalue weighted by molar-refractivity contribution is 5.77. The highest BCUT2D eigenvalue weighted by Gasteiger charge is 2.17. The number of carbonyl (C=O) groups excluding carboxylic acids is 1. The third-order valence-corrected chi connectivity index (χ3v) is 3.43. The van der Waals surface area contributed by atoms with Crippen LogP contribution in [0.4, 0.5) is 0 Å². The SMILES string of the molecule is CCN(CCN(CCN(CC(=O)O)CC(=O)O)CC(=O)O)CC(C)=O. The van der Waals surface area contributed by atoms with Gasteiger partial charge in [0.2, 0.25) is 0 Å². The molecule has 144 valence electrons. The van der Waals surface area contributed by atoms with Gasteiger partial charge in [-0.15, -0.1) is 0 Å². The molecule has 0 amide bonds. The minimum Gasteiger partial charge on any atom is -0.480 e. The summed E-state index contributed by atoms with van der Waals surface area (Å²) >= 11 is 0. The first-order chi connectivity index (χ1) is 11.6. The van der Waals surface area contributed by atoms with Crippen LogP contribution in [0, 0.1) is 0 Å². The van der Waals surface area contributed by atoms with E-state index in [-0.39, 0.29) is 32.0 Å². The molecule has 0 bridgehead atoms. The van der Waals surface area contributed by atoms with E-state index in [9.17, 15) is 19.2 Å². The van der Waals surface area contributed by atoms with Gasteiger partial charge in [-0.2, -0.15) is 0 Å². The first-order valence-electron chi connectivity index (χ1n) is 7.95.